The maximum Gasteiger partial charge on any atom is 0.252 e. The van der Waals surface area contributed by atoms with Crippen molar-refractivity contribution >= 4 is 83.9 Å². The summed E-state index contributed by atoms with van der Waals surface area (Å²) in [6, 6.07) is 32.8. The van der Waals surface area contributed by atoms with Crippen molar-refractivity contribution in [1.29, 1.82) is 0 Å². The van der Waals surface area contributed by atoms with Crippen molar-refractivity contribution in [2.45, 2.75) is 187 Å². The average molecular weight is 909 g/mol. The second kappa shape index (κ2) is 13.2. The van der Waals surface area contributed by atoms with Crippen LogP contribution in [0.3, 0.4) is 0 Å². The Morgan fingerprint density at radius 3 is 1.62 bits per heavy atom. The Kier molecular flexibility index (Phi) is 8.37. The van der Waals surface area contributed by atoms with Gasteiger partial charge in [-0.05, 0) is 204 Å². The highest BCUT2D eigenvalue weighted by Crippen LogP contribution is 2.54. The van der Waals surface area contributed by atoms with Crippen molar-refractivity contribution in [2.24, 2.45) is 0 Å². The Bertz CT molecular complexity index is 3630. The van der Waals surface area contributed by atoms with Crippen LogP contribution in [0.5, 0.6) is 0 Å². The Hall–Kier alpha value is -5.22. The molecule has 0 atom stereocenters. The summed E-state index contributed by atoms with van der Waals surface area (Å²) < 4.78 is 9.83. The number of hydrogen-bond donors (Lipinski definition) is 0. The molecule has 0 N–H and O–H groups in total. The van der Waals surface area contributed by atoms with Crippen LogP contribution in [0.2, 0.25) is 0 Å². The van der Waals surface area contributed by atoms with Gasteiger partial charge in [-0.2, -0.15) is 0 Å². The van der Waals surface area contributed by atoms with Crippen molar-refractivity contribution in [3.63, 3.8) is 0 Å². The lowest BCUT2D eigenvalue weighted by atomic mass is 9.33. The highest BCUT2D eigenvalue weighted by Gasteiger charge is 2.47. The second-order valence-electron chi connectivity index (χ2n) is 27.8. The van der Waals surface area contributed by atoms with Crippen molar-refractivity contribution in [3.05, 3.63) is 123 Å². The van der Waals surface area contributed by atoms with Crippen molar-refractivity contribution < 1.29 is 4.42 Å². The summed E-state index contributed by atoms with van der Waals surface area (Å²) in [6.07, 6.45) is 7.08. The molecule has 0 spiro atoms. The summed E-state index contributed by atoms with van der Waals surface area (Å²) in [5.41, 5.74) is 26.0. The fourth-order valence-corrected chi connectivity index (χ4v) is 14.8. The van der Waals surface area contributed by atoms with Crippen LogP contribution >= 0.6 is 0 Å². The average Bonchev–Trinajstić information content (AvgIpc) is 3.60. The fourth-order valence-electron chi connectivity index (χ4n) is 14.8. The number of furan rings is 1. The van der Waals surface area contributed by atoms with Crippen LogP contribution in [0.1, 0.15) is 187 Å². The zero-order valence-electron chi connectivity index (χ0n) is 44.6. The molecule has 0 saturated carbocycles. The van der Waals surface area contributed by atoms with Crippen LogP contribution in [0, 0.1) is 6.92 Å². The van der Waals surface area contributed by atoms with E-state index in [1.165, 1.54) is 155 Å². The molecule has 0 saturated heterocycles. The molecule has 0 bridgehead atoms. The van der Waals surface area contributed by atoms with Crippen LogP contribution in [-0.4, -0.2) is 11.3 Å². The van der Waals surface area contributed by atoms with Crippen molar-refractivity contribution in [2.75, 3.05) is 4.90 Å². The zero-order chi connectivity index (χ0) is 48.7. The van der Waals surface area contributed by atoms with Gasteiger partial charge in [-0.25, -0.2) is 0 Å². The minimum Gasteiger partial charge on any atom is -0.456 e. The summed E-state index contributed by atoms with van der Waals surface area (Å²) in [5.74, 6) is 0. The molecule has 5 aliphatic rings. The van der Waals surface area contributed by atoms with Crippen molar-refractivity contribution in [1.82, 2.24) is 4.57 Å². The molecule has 352 valence electrons. The summed E-state index contributed by atoms with van der Waals surface area (Å²) >= 11 is 0. The van der Waals surface area contributed by atoms with E-state index in [4.69, 9.17) is 4.42 Å². The molecule has 4 heterocycles. The van der Waals surface area contributed by atoms with Crippen LogP contribution in [-0.2, 0) is 37.9 Å². The lowest BCUT2D eigenvalue weighted by Crippen LogP contribution is -2.61. The van der Waals surface area contributed by atoms with E-state index in [0.717, 1.165) is 11.2 Å². The Morgan fingerprint density at radius 2 is 1.00 bits per heavy atom. The zero-order valence-corrected chi connectivity index (χ0v) is 44.6. The summed E-state index contributed by atoms with van der Waals surface area (Å²) in [7, 11) is 0. The molecular formula is C65H73BN2O. The van der Waals surface area contributed by atoms with E-state index < -0.39 is 0 Å². The summed E-state index contributed by atoms with van der Waals surface area (Å²) in [6.45, 7) is 39.3. The molecule has 13 rings (SSSR count). The standard InChI is InChI=1S/C65H73BN2O/c1-36-29-50-57-51(30-36)68-48-34-44-42(62(9,10)25-27-64(44,13)14)32-38(48)54-40(59(2,3)4)19-21-52-55(54)56-53(69-52)22-20-46(58(56)68)66(57)47-33-43-45(65(15,16)28-26-63(43,11)12)35-49(47)67(50)37-17-18-39-41(31-37)61(7,8)24-23-60(39,5)6/h17-22,29-35H,23-28H2,1-16H3. The van der Waals surface area contributed by atoms with Gasteiger partial charge in [-0.15, -0.1) is 0 Å². The molecule has 8 aromatic rings. The first-order valence-corrected chi connectivity index (χ1v) is 26.5. The van der Waals surface area contributed by atoms with E-state index in [-0.39, 0.29) is 44.6 Å². The van der Waals surface area contributed by atoms with Gasteiger partial charge in [-0.1, -0.05) is 128 Å². The number of anilines is 3. The molecule has 0 amide bonds. The summed E-state index contributed by atoms with van der Waals surface area (Å²) in [4.78, 5) is 2.72. The molecular weight excluding hydrogens is 836 g/mol. The lowest BCUT2D eigenvalue weighted by Gasteiger charge is -2.47. The third kappa shape index (κ3) is 5.75. The molecule has 2 aliphatic heterocycles. The molecule has 4 heteroatoms. The minimum atomic E-state index is -0.104. The van der Waals surface area contributed by atoms with E-state index in [1.807, 2.05) is 0 Å². The molecule has 0 unspecified atom stereocenters. The quantitative estimate of drug-likeness (QED) is 0.153. The Balaban J connectivity index is 1.25. The van der Waals surface area contributed by atoms with Crippen LogP contribution in [0.4, 0.5) is 17.1 Å². The van der Waals surface area contributed by atoms with Gasteiger partial charge in [-0.3, -0.25) is 0 Å². The number of hydrogen-bond acceptors (Lipinski definition) is 2. The molecule has 3 nitrogen and oxygen atoms in total. The van der Waals surface area contributed by atoms with Crippen molar-refractivity contribution in [3.8, 4) is 5.69 Å². The van der Waals surface area contributed by atoms with E-state index in [1.54, 1.807) is 0 Å². The van der Waals surface area contributed by atoms with Gasteiger partial charge in [0.2, 0.25) is 0 Å². The van der Waals surface area contributed by atoms with Gasteiger partial charge < -0.3 is 13.9 Å². The van der Waals surface area contributed by atoms with E-state index in [0.29, 0.717) is 0 Å². The van der Waals surface area contributed by atoms with E-state index in [9.17, 15) is 0 Å². The van der Waals surface area contributed by atoms with E-state index >= 15 is 0 Å². The monoisotopic (exact) mass is 909 g/mol. The van der Waals surface area contributed by atoms with Gasteiger partial charge in [0.15, 0.2) is 0 Å². The summed E-state index contributed by atoms with van der Waals surface area (Å²) in [5, 5.41) is 5.21. The first-order valence-electron chi connectivity index (χ1n) is 26.5. The third-order valence-electron chi connectivity index (χ3n) is 19.3. The minimum absolute atomic E-state index is 0.0189. The van der Waals surface area contributed by atoms with E-state index in [2.05, 4.69) is 199 Å². The SMILES string of the molecule is Cc1cc2c3c(c1)-n1c4cc5c(cc4c4c(C(C)(C)C)ccc6oc7ccc(c1c7c64)B3c1cc3c(cc1N2c1ccc2c(c1)C(C)(C)CCC2(C)C)C(C)(C)CCC3(C)C)C(C)(C)CCC5(C)C. The Morgan fingerprint density at radius 1 is 0.478 bits per heavy atom. The maximum atomic E-state index is 7.08. The van der Waals surface area contributed by atoms with Crippen LogP contribution in [0.15, 0.2) is 83.3 Å². The predicted molar refractivity (Wildman–Crippen MR) is 297 cm³/mol. The molecule has 2 aromatic heterocycles. The first-order chi connectivity index (χ1) is 32.2. The lowest BCUT2D eigenvalue weighted by molar-refractivity contribution is 0.332. The highest BCUT2D eigenvalue weighted by molar-refractivity contribution is 7.00. The molecule has 0 fully saturated rings. The maximum absolute atomic E-state index is 7.08. The number of fused-ring (bicyclic) bond motifs is 10. The largest absolute Gasteiger partial charge is 0.456 e. The molecule has 3 aliphatic carbocycles. The van der Waals surface area contributed by atoms with Crippen LogP contribution in [0.25, 0.3) is 49.4 Å². The Labute approximate surface area is 412 Å². The smallest absolute Gasteiger partial charge is 0.252 e. The molecule has 6 aromatic carbocycles. The van der Waals surface area contributed by atoms with Gasteiger partial charge in [0.05, 0.1) is 16.4 Å². The highest BCUT2D eigenvalue weighted by atomic mass is 16.3. The molecule has 0 radical (unpaired) electrons. The van der Waals surface area contributed by atoms with Crippen LogP contribution < -0.4 is 21.3 Å². The normalized spacial score (nSPS) is 20.8. The molecule has 69 heavy (non-hydrogen) atoms. The van der Waals surface area contributed by atoms with Gasteiger partial charge >= 0.3 is 0 Å². The number of rotatable bonds is 1. The topological polar surface area (TPSA) is 21.3 Å². The fraction of sp³-hybridized carbons (Fsp3) is 0.446. The number of nitrogens with zero attached hydrogens (tertiary/aromatic N) is 2. The first kappa shape index (κ1) is 43.8. The van der Waals surface area contributed by atoms with Gasteiger partial charge in [0.25, 0.3) is 6.71 Å². The predicted octanol–water partition coefficient (Wildman–Crippen LogP) is 15.9. The number of aromatic nitrogens is 1. The number of aryl methyl sites for hydroxylation is 1. The third-order valence-corrected chi connectivity index (χ3v) is 19.3. The second-order valence-corrected chi connectivity index (χ2v) is 27.8. The van der Waals surface area contributed by atoms with Gasteiger partial charge in [0, 0.05) is 33.5 Å². The number of benzene rings is 6. The van der Waals surface area contributed by atoms with Gasteiger partial charge in [0.1, 0.15) is 11.2 Å².